The normalized spacial score (nSPS) is 15.6. The van der Waals surface area contributed by atoms with E-state index in [0.29, 0.717) is 12.2 Å². The lowest BCUT2D eigenvalue weighted by Crippen LogP contribution is -2.45. The van der Waals surface area contributed by atoms with Gasteiger partial charge in [-0.2, -0.15) is 0 Å². The lowest BCUT2D eigenvalue weighted by molar-refractivity contribution is -0.124. The number of hydrogen-bond donors (Lipinski definition) is 2. The van der Waals surface area contributed by atoms with Crippen molar-refractivity contribution in [1.82, 2.24) is 20.8 Å². The lowest BCUT2D eigenvalue weighted by Gasteiger charge is -2.26. The second-order valence-electron chi connectivity index (χ2n) is 10.4. The largest absolute Gasteiger partial charge is 0.371 e. The zero-order valence-electron chi connectivity index (χ0n) is 19.3. The quantitative estimate of drug-likeness (QED) is 0.739. The molecule has 0 bridgehead atoms. The predicted octanol–water partition coefficient (Wildman–Crippen LogP) is 4.38. The summed E-state index contributed by atoms with van der Waals surface area (Å²) < 4.78 is 5.06. The van der Waals surface area contributed by atoms with Crippen molar-refractivity contribution in [1.29, 1.82) is 0 Å². The van der Waals surface area contributed by atoms with Crippen molar-refractivity contribution in [3.63, 3.8) is 0 Å². The molecule has 2 aromatic rings. The minimum absolute atomic E-state index is 0.0366. The SMILES string of the molecule is C=C(NC1(C(=O)NCc2cc(C)on2)CC1)c1cc(C(C)(C)C)nc(C(C)(C)C)c1. The van der Waals surface area contributed by atoms with Crippen LogP contribution in [0.1, 0.15) is 82.8 Å². The summed E-state index contributed by atoms with van der Waals surface area (Å²) in [5, 5.41) is 10.3. The molecule has 0 saturated heterocycles. The van der Waals surface area contributed by atoms with Crippen LogP contribution in [0.15, 0.2) is 29.3 Å². The number of nitrogens with zero attached hydrogens (tertiary/aromatic N) is 2. The standard InChI is InChI=1S/C24H34N4O2/c1-15-11-18(28-30-15)14-25-21(29)24(9-10-24)27-16(2)17-12-19(22(3,4)5)26-20(13-17)23(6,7)8/h11-13,27H,2,9-10,14H2,1,3-8H3,(H,25,29). The van der Waals surface area contributed by atoms with Crippen molar-refractivity contribution in [3.8, 4) is 0 Å². The highest BCUT2D eigenvalue weighted by molar-refractivity contribution is 5.91. The van der Waals surface area contributed by atoms with Gasteiger partial charge in [-0.25, -0.2) is 0 Å². The predicted molar refractivity (Wildman–Crippen MR) is 119 cm³/mol. The Hall–Kier alpha value is -2.63. The maximum absolute atomic E-state index is 12.8. The molecule has 6 heteroatoms. The lowest BCUT2D eigenvalue weighted by atomic mass is 9.86. The summed E-state index contributed by atoms with van der Waals surface area (Å²) >= 11 is 0. The fourth-order valence-corrected chi connectivity index (χ4v) is 3.21. The highest BCUT2D eigenvalue weighted by Crippen LogP contribution is 2.38. The molecule has 1 saturated carbocycles. The van der Waals surface area contributed by atoms with E-state index in [-0.39, 0.29) is 16.7 Å². The van der Waals surface area contributed by atoms with E-state index in [0.717, 1.165) is 41.3 Å². The molecule has 6 nitrogen and oxygen atoms in total. The first kappa shape index (κ1) is 22.1. The summed E-state index contributed by atoms with van der Waals surface area (Å²) in [5.41, 5.74) is 3.70. The first-order valence-electron chi connectivity index (χ1n) is 10.5. The van der Waals surface area contributed by atoms with Crippen LogP contribution < -0.4 is 10.6 Å². The third-order valence-electron chi connectivity index (χ3n) is 5.39. The van der Waals surface area contributed by atoms with Gasteiger partial charge in [0.05, 0.1) is 6.54 Å². The maximum atomic E-state index is 12.8. The van der Waals surface area contributed by atoms with E-state index in [1.807, 2.05) is 13.0 Å². The Morgan fingerprint density at radius 3 is 2.10 bits per heavy atom. The third-order valence-corrected chi connectivity index (χ3v) is 5.39. The Kier molecular flexibility index (Phi) is 5.56. The van der Waals surface area contributed by atoms with Gasteiger partial charge < -0.3 is 15.2 Å². The van der Waals surface area contributed by atoms with E-state index in [4.69, 9.17) is 9.51 Å². The molecule has 1 aliphatic rings. The summed E-state index contributed by atoms with van der Waals surface area (Å²) in [4.78, 5) is 17.7. The molecule has 162 valence electrons. The van der Waals surface area contributed by atoms with E-state index >= 15 is 0 Å². The molecule has 2 aromatic heterocycles. The number of pyridine rings is 1. The molecular weight excluding hydrogens is 376 g/mol. The number of aromatic nitrogens is 2. The van der Waals surface area contributed by atoms with Crippen LogP contribution >= 0.6 is 0 Å². The van der Waals surface area contributed by atoms with Crippen LogP contribution in [-0.2, 0) is 22.2 Å². The minimum atomic E-state index is -0.608. The van der Waals surface area contributed by atoms with Gasteiger partial charge in [-0.1, -0.05) is 53.3 Å². The van der Waals surface area contributed by atoms with Gasteiger partial charge in [-0.05, 0) is 31.9 Å². The summed E-state index contributed by atoms with van der Waals surface area (Å²) in [6, 6.07) is 5.98. The van der Waals surface area contributed by atoms with E-state index in [1.165, 1.54) is 0 Å². The molecule has 0 aromatic carbocycles. The van der Waals surface area contributed by atoms with Crippen molar-refractivity contribution in [2.75, 3.05) is 0 Å². The molecule has 0 unspecified atom stereocenters. The fraction of sp³-hybridized carbons (Fsp3) is 0.542. The van der Waals surface area contributed by atoms with E-state index in [2.05, 4.69) is 76.0 Å². The van der Waals surface area contributed by atoms with Crippen molar-refractivity contribution in [2.45, 2.75) is 84.2 Å². The van der Waals surface area contributed by atoms with E-state index in [1.54, 1.807) is 0 Å². The van der Waals surface area contributed by atoms with Crippen LogP contribution in [0.25, 0.3) is 5.70 Å². The van der Waals surface area contributed by atoms with Crippen LogP contribution in [0, 0.1) is 6.92 Å². The first-order valence-corrected chi connectivity index (χ1v) is 10.5. The first-order chi connectivity index (χ1) is 13.8. The van der Waals surface area contributed by atoms with Gasteiger partial charge in [-0.3, -0.25) is 9.78 Å². The van der Waals surface area contributed by atoms with Crippen LogP contribution in [0.5, 0.6) is 0 Å². The fourth-order valence-electron chi connectivity index (χ4n) is 3.21. The Morgan fingerprint density at radius 2 is 1.67 bits per heavy atom. The van der Waals surface area contributed by atoms with Gasteiger partial charge in [-0.15, -0.1) is 0 Å². The number of carbonyl (C=O) groups excluding carboxylic acids is 1. The second kappa shape index (κ2) is 7.56. The van der Waals surface area contributed by atoms with Gasteiger partial charge in [0.25, 0.3) is 0 Å². The monoisotopic (exact) mass is 410 g/mol. The van der Waals surface area contributed by atoms with Crippen molar-refractivity contribution in [2.24, 2.45) is 0 Å². The molecule has 1 amide bonds. The van der Waals surface area contributed by atoms with Crippen LogP contribution in [0.3, 0.4) is 0 Å². The van der Waals surface area contributed by atoms with Crippen LogP contribution in [0.2, 0.25) is 0 Å². The third kappa shape index (κ3) is 4.91. The van der Waals surface area contributed by atoms with Crippen LogP contribution in [-0.4, -0.2) is 21.6 Å². The van der Waals surface area contributed by atoms with Crippen molar-refractivity contribution in [3.05, 3.63) is 53.2 Å². The smallest absolute Gasteiger partial charge is 0.245 e. The van der Waals surface area contributed by atoms with Gasteiger partial charge in [0.1, 0.15) is 17.0 Å². The number of hydrogen-bond acceptors (Lipinski definition) is 5. The number of carbonyl (C=O) groups is 1. The highest BCUT2D eigenvalue weighted by Gasteiger charge is 2.50. The van der Waals surface area contributed by atoms with Crippen LogP contribution in [0.4, 0.5) is 0 Å². The second-order valence-corrected chi connectivity index (χ2v) is 10.4. The maximum Gasteiger partial charge on any atom is 0.245 e. The summed E-state index contributed by atoms with van der Waals surface area (Å²) in [6.45, 7) is 19.4. The topological polar surface area (TPSA) is 80.0 Å². The molecular formula is C24H34N4O2. The summed E-state index contributed by atoms with van der Waals surface area (Å²) in [7, 11) is 0. The zero-order chi connectivity index (χ0) is 22.3. The molecule has 3 rings (SSSR count). The molecule has 0 aliphatic heterocycles. The number of aryl methyl sites for hydroxylation is 1. The zero-order valence-corrected chi connectivity index (χ0v) is 19.3. The molecule has 2 heterocycles. The Balaban J connectivity index is 1.77. The Labute approximate surface area is 179 Å². The average Bonchev–Trinajstić information content (AvgIpc) is 3.31. The Bertz CT molecular complexity index is 924. The molecule has 0 atom stereocenters. The molecule has 2 N–H and O–H groups in total. The molecule has 0 radical (unpaired) electrons. The van der Waals surface area contributed by atoms with E-state index < -0.39 is 5.54 Å². The van der Waals surface area contributed by atoms with Gasteiger partial charge in [0.2, 0.25) is 5.91 Å². The van der Waals surface area contributed by atoms with Crippen molar-refractivity contribution < 1.29 is 9.32 Å². The molecule has 30 heavy (non-hydrogen) atoms. The van der Waals surface area contributed by atoms with Gasteiger partial charge >= 0.3 is 0 Å². The molecule has 1 fully saturated rings. The molecule has 1 aliphatic carbocycles. The summed E-state index contributed by atoms with van der Waals surface area (Å²) in [5.74, 6) is 0.694. The van der Waals surface area contributed by atoms with Gasteiger partial charge in [0, 0.05) is 39.5 Å². The number of amides is 1. The van der Waals surface area contributed by atoms with E-state index in [9.17, 15) is 4.79 Å². The minimum Gasteiger partial charge on any atom is -0.371 e. The Morgan fingerprint density at radius 1 is 1.10 bits per heavy atom. The summed E-state index contributed by atoms with van der Waals surface area (Å²) in [6.07, 6.45) is 1.55. The number of nitrogens with one attached hydrogen (secondary N) is 2. The average molecular weight is 411 g/mol. The molecule has 0 spiro atoms. The van der Waals surface area contributed by atoms with Crippen molar-refractivity contribution >= 4 is 11.6 Å². The number of rotatable bonds is 6. The highest BCUT2D eigenvalue weighted by atomic mass is 16.5. The van der Waals surface area contributed by atoms with Gasteiger partial charge in [0.15, 0.2) is 0 Å².